The van der Waals surface area contributed by atoms with Crippen molar-refractivity contribution >= 4 is 6.09 Å². The van der Waals surface area contributed by atoms with Crippen LogP contribution in [0.25, 0.3) is 0 Å². The number of halogens is 3. The molecule has 8 heteroatoms. The summed E-state index contributed by atoms with van der Waals surface area (Å²) in [7, 11) is 0. The normalized spacial score (nSPS) is 12.1. The average Bonchev–Trinajstić information content (AvgIpc) is 2.33. The molecule has 0 unspecified atom stereocenters. The van der Waals surface area contributed by atoms with Gasteiger partial charge < -0.3 is 15.2 Å². The lowest BCUT2D eigenvalue weighted by atomic mass is 10.1. The maximum Gasteiger partial charge on any atom is 0.433 e. The van der Waals surface area contributed by atoms with Gasteiger partial charge in [-0.05, 0) is 38.5 Å². The van der Waals surface area contributed by atoms with Crippen molar-refractivity contribution in [2.75, 3.05) is 0 Å². The summed E-state index contributed by atoms with van der Waals surface area (Å²) < 4.78 is 42.8. The van der Waals surface area contributed by atoms with Crippen molar-refractivity contribution < 1.29 is 27.8 Å². The van der Waals surface area contributed by atoms with Crippen LogP contribution in [0, 0.1) is 0 Å². The third-order valence-corrected chi connectivity index (χ3v) is 2.24. The Morgan fingerprint density at radius 2 is 1.95 bits per heavy atom. The van der Waals surface area contributed by atoms with Crippen LogP contribution in [0.4, 0.5) is 18.0 Å². The van der Waals surface area contributed by atoms with Gasteiger partial charge in [-0.25, -0.2) is 9.78 Å². The van der Waals surface area contributed by atoms with Crippen molar-refractivity contribution in [3.8, 4) is 0 Å². The number of aliphatic hydroxyl groups excluding tert-OH is 1. The second-order valence-corrected chi connectivity index (χ2v) is 5.46. The maximum atomic E-state index is 12.6. The molecule has 5 nitrogen and oxygen atoms in total. The monoisotopic (exact) mass is 306 g/mol. The topological polar surface area (TPSA) is 71.5 Å². The predicted octanol–water partition coefficient (Wildman–Crippen LogP) is 2.62. The van der Waals surface area contributed by atoms with Gasteiger partial charge in [0.2, 0.25) is 0 Å². The standard InChI is InChI=1S/C13H17F3N2O3/c1-12(2,3)18-11(20)21-7-8-4-9(6-19)17-10(5-8)13(14,15)16/h4-5,19H,6-7H2,1-3H3,(H,18,20). The van der Waals surface area contributed by atoms with E-state index in [0.29, 0.717) is 0 Å². The van der Waals surface area contributed by atoms with E-state index in [1.807, 2.05) is 0 Å². The van der Waals surface area contributed by atoms with E-state index in [0.717, 1.165) is 6.07 Å². The molecule has 21 heavy (non-hydrogen) atoms. The Bertz CT molecular complexity index is 510. The lowest BCUT2D eigenvalue weighted by Gasteiger charge is -2.20. The molecule has 2 N–H and O–H groups in total. The average molecular weight is 306 g/mol. The smallest absolute Gasteiger partial charge is 0.433 e. The highest BCUT2D eigenvalue weighted by Crippen LogP contribution is 2.28. The number of ether oxygens (including phenoxy) is 1. The summed E-state index contributed by atoms with van der Waals surface area (Å²) in [5.74, 6) is 0. The molecule has 1 aromatic rings. The number of carbonyl (C=O) groups is 1. The maximum absolute atomic E-state index is 12.6. The number of alkyl halides is 3. The molecular formula is C13H17F3N2O3. The fraction of sp³-hybridized carbons (Fsp3) is 0.538. The highest BCUT2D eigenvalue weighted by molar-refractivity contribution is 5.68. The first-order valence-electron chi connectivity index (χ1n) is 6.14. The summed E-state index contributed by atoms with van der Waals surface area (Å²) in [6.45, 7) is 4.25. The fourth-order valence-electron chi connectivity index (χ4n) is 1.45. The van der Waals surface area contributed by atoms with Crippen LogP contribution in [0.5, 0.6) is 0 Å². The number of nitrogens with one attached hydrogen (secondary N) is 1. The van der Waals surface area contributed by atoms with Crippen LogP contribution in [0.15, 0.2) is 12.1 Å². The van der Waals surface area contributed by atoms with E-state index in [4.69, 9.17) is 9.84 Å². The molecule has 118 valence electrons. The lowest BCUT2D eigenvalue weighted by Crippen LogP contribution is -2.40. The van der Waals surface area contributed by atoms with Crippen molar-refractivity contribution in [3.05, 3.63) is 29.1 Å². The zero-order chi connectivity index (χ0) is 16.3. The minimum Gasteiger partial charge on any atom is -0.445 e. The van der Waals surface area contributed by atoms with E-state index in [9.17, 15) is 18.0 Å². The van der Waals surface area contributed by atoms with Gasteiger partial charge in [-0.2, -0.15) is 13.2 Å². The quantitative estimate of drug-likeness (QED) is 0.900. The molecular weight excluding hydrogens is 289 g/mol. The molecule has 0 aliphatic carbocycles. The molecule has 0 atom stereocenters. The van der Waals surface area contributed by atoms with Crippen LogP contribution in [-0.2, 0) is 24.1 Å². The molecule has 0 spiro atoms. The van der Waals surface area contributed by atoms with Gasteiger partial charge in [-0.15, -0.1) is 0 Å². The van der Waals surface area contributed by atoms with Gasteiger partial charge in [0.25, 0.3) is 0 Å². The second kappa shape index (κ2) is 6.30. The summed E-state index contributed by atoms with van der Waals surface area (Å²) in [4.78, 5) is 14.7. The van der Waals surface area contributed by atoms with Crippen LogP contribution < -0.4 is 5.32 Å². The van der Waals surface area contributed by atoms with Crippen molar-refractivity contribution in [2.45, 2.75) is 45.7 Å². The van der Waals surface area contributed by atoms with Crippen LogP contribution in [0.2, 0.25) is 0 Å². The Morgan fingerprint density at radius 3 is 2.43 bits per heavy atom. The summed E-state index contributed by atoms with van der Waals surface area (Å²) >= 11 is 0. The predicted molar refractivity (Wildman–Crippen MR) is 68.2 cm³/mol. The van der Waals surface area contributed by atoms with Gasteiger partial charge >= 0.3 is 12.3 Å². The van der Waals surface area contributed by atoms with Crippen LogP contribution in [-0.4, -0.2) is 21.7 Å². The fourth-order valence-corrected chi connectivity index (χ4v) is 1.45. The molecule has 0 aliphatic rings. The van der Waals surface area contributed by atoms with Gasteiger partial charge in [-0.1, -0.05) is 0 Å². The Morgan fingerprint density at radius 1 is 1.33 bits per heavy atom. The summed E-state index contributed by atoms with van der Waals surface area (Å²) in [6.07, 6.45) is -5.37. The molecule has 0 saturated carbocycles. The molecule has 1 rings (SSSR count). The Kier molecular flexibility index (Phi) is 5.16. The van der Waals surface area contributed by atoms with Crippen molar-refractivity contribution in [1.29, 1.82) is 0 Å². The zero-order valence-corrected chi connectivity index (χ0v) is 11.9. The van der Waals surface area contributed by atoms with E-state index in [-0.39, 0.29) is 17.9 Å². The number of aromatic nitrogens is 1. The molecule has 0 radical (unpaired) electrons. The van der Waals surface area contributed by atoms with Gasteiger partial charge in [0.1, 0.15) is 12.3 Å². The van der Waals surface area contributed by atoms with E-state index < -0.39 is 30.1 Å². The molecule has 0 bridgehead atoms. The molecule has 0 aliphatic heterocycles. The number of pyridine rings is 1. The number of hydrogen-bond donors (Lipinski definition) is 2. The first kappa shape index (κ1) is 17.2. The van der Waals surface area contributed by atoms with Crippen LogP contribution >= 0.6 is 0 Å². The molecule has 1 amide bonds. The van der Waals surface area contributed by atoms with E-state index in [1.165, 1.54) is 6.07 Å². The number of hydrogen-bond acceptors (Lipinski definition) is 4. The lowest BCUT2D eigenvalue weighted by molar-refractivity contribution is -0.141. The summed E-state index contributed by atoms with van der Waals surface area (Å²) in [6, 6.07) is 2.03. The number of nitrogens with zero attached hydrogens (tertiary/aromatic N) is 1. The molecule has 0 fully saturated rings. The number of aliphatic hydroxyl groups is 1. The van der Waals surface area contributed by atoms with Gasteiger partial charge in [0, 0.05) is 5.54 Å². The number of amides is 1. The van der Waals surface area contributed by atoms with Crippen molar-refractivity contribution in [1.82, 2.24) is 10.3 Å². The highest BCUT2D eigenvalue weighted by Gasteiger charge is 2.33. The van der Waals surface area contributed by atoms with E-state index in [1.54, 1.807) is 20.8 Å². The SMILES string of the molecule is CC(C)(C)NC(=O)OCc1cc(CO)nc(C(F)(F)F)c1. The van der Waals surface area contributed by atoms with Gasteiger partial charge in [0.15, 0.2) is 0 Å². The summed E-state index contributed by atoms with van der Waals surface area (Å²) in [5, 5.41) is 11.4. The number of alkyl carbamates (subject to hydrolysis) is 1. The molecule has 0 aromatic carbocycles. The van der Waals surface area contributed by atoms with E-state index in [2.05, 4.69) is 10.3 Å². The molecule has 1 heterocycles. The number of rotatable bonds is 3. The third kappa shape index (κ3) is 5.99. The van der Waals surface area contributed by atoms with E-state index >= 15 is 0 Å². The molecule has 0 saturated heterocycles. The van der Waals surface area contributed by atoms with Crippen molar-refractivity contribution in [2.24, 2.45) is 0 Å². The largest absolute Gasteiger partial charge is 0.445 e. The Labute approximate surface area is 120 Å². The molecule has 1 aromatic heterocycles. The van der Waals surface area contributed by atoms with Gasteiger partial charge in [0.05, 0.1) is 12.3 Å². The zero-order valence-electron chi connectivity index (χ0n) is 11.9. The Hall–Kier alpha value is -1.83. The van der Waals surface area contributed by atoms with Crippen LogP contribution in [0.1, 0.15) is 37.7 Å². The first-order chi connectivity index (χ1) is 9.51. The second-order valence-electron chi connectivity index (χ2n) is 5.46. The summed E-state index contributed by atoms with van der Waals surface area (Å²) in [5.41, 5.74) is -1.68. The Balaban J connectivity index is 2.82. The number of carbonyl (C=O) groups excluding carboxylic acids is 1. The first-order valence-corrected chi connectivity index (χ1v) is 6.14. The van der Waals surface area contributed by atoms with Crippen LogP contribution in [0.3, 0.4) is 0 Å². The highest BCUT2D eigenvalue weighted by atomic mass is 19.4. The minimum atomic E-state index is -4.63. The van der Waals surface area contributed by atoms with Crippen molar-refractivity contribution in [3.63, 3.8) is 0 Å². The third-order valence-electron chi connectivity index (χ3n) is 2.24. The minimum absolute atomic E-state index is 0.102. The van der Waals surface area contributed by atoms with Gasteiger partial charge in [-0.3, -0.25) is 0 Å².